The molecule has 0 saturated heterocycles. The number of ether oxygens (including phenoxy) is 1. The number of aryl methyl sites for hydroxylation is 1. The number of nitro groups is 1. The Hall–Kier alpha value is -2.34. The van der Waals surface area contributed by atoms with E-state index >= 15 is 0 Å². The number of pyridine rings is 1. The number of anilines is 1. The summed E-state index contributed by atoms with van der Waals surface area (Å²) >= 11 is 6.13. The van der Waals surface area contributed by atoms with E-state index in [-0.39, 0.29) is 18.1 Å². The van der Waals surface area contributed by atoms with Gasteiger partial charge in [0.2, 0.25) is 5.82 Å². The highest BCUT2D eigenvalue weighted by atomic mass is 35.5. The van der Waals surface area contributed by atoms with E-state index in [9.17, 15) is 10.1 Å². The average Bonchev–Trinajstić information content (AvgIpc) is 2.45. The zero-order valence-electron chi connectivity index (χ0n) is 11.6. The number of benzene rings is 1. The molecule has 2 rings (SSSR count). The Labute approximate surface area is 126 Å². The summed E-state index contributed by atoms with van der Waals surface area (Å²) in [6, 6.07) is 8.31. The molecule has 0 radical (unpaired) electrons. The Morgan fingerprint density at radius 3 is 2.81 bits per heavy atom. The Morgan fingerprint density at radius 2 is 2.14 bits per heavy atom. The lowest BCUT2D eigenvalue weighted by Crippen LogP contribution is -2.07. The predicted octanol–water partition coefficient (Wildman–Crippen LogP) is 3.57. The number of nitrogens with zero attached hydrogens (tertiary/aromatic N) is 2. The fourth-order valence-corrected chi connectivity index (χ4v) is 2.13. The largest absolute Gasteiger partial charge is 0.496 e. The van der Waals surface area contributed by atoms with E-state index in [2.05, 4.69) is 10.3 Å². The van der Waals surface area contributed by atoms with Crippen LogP contribution in [0.25, 0.3) is 0 Å². The fourth-order valence-electron chi connectivity index (χ4n) is 1.90. The molecule has 0 aliphatic carbocycles. The van der Waals surface area contributed by atoms with Gasteiger partial charge in [0.05, 0.1) is 12.0 Å². The van der Waals surface area contributed by atoms with Crippen molar-refractivity contribution in [1.82, 2.24) is 4.98 Å². The summed E-state index contributed by atoms with van der Waals surface area (Å²) in [6.45, 7) is 2.05. The molecule has 1 aromatic heterocycles. The normalized spacial score (nSPS) is 10.2. The number of nitrogens with one attached hydrogen (secondary N) is 1. The summed E-state index contributed by atoms with van der Waals surface area (Å²) in [6.07, 6.45) is 0. The molecule has 0 aliphatic heterocycles. The Bertz CT molecular complexity index is 677. The van der Waals surface area contributed by atoms with Crippen LogP contribution in [0, 0.1) is 17.0 Å². The van der Waals surface area contributed by atoms with Gasteiger partial charge in [0.1, 0.15) is 5.75 Å². The van der Waals surface area contributed by atoms with Crippen molar-refractivity contribution in [3.63, 3.8) is 0 Å². The number of hydrogen-bond acceptors (Lipinski definition) is 5. The third-order valence-electron chi connectivity index (χ3n) is 2.94. The maximum atomic E-state index is 11.0. The van der Waals surface area contributed by atoms with E-state index in [0.717, 1.165) is 5.56 Å². The van der Waals surface area contributed by atoms with Crippen molar-refractivity contribution in [1.29, 1.82) is 0 Å². The zero-order valence-corrected chi connectivity index (χ0v) is 12.3. The van der Waals surface area contributed by atoms with E-state index in [1.807, 2.05) is 0 Å². The summed E-state index contributed by atoms with van der Waals surface area (Å²) in [5.74, 6) is 0.826. The first-order valence-electron chi connectivity index (χ1n) is 6.20. The van der Waals surface area contributed by atoms with Crippen LogP contribution in [-0.2, 0) is 6.54 Å². The molecule has 110 valence electrons. The van der Waals surface area contributed by atoms with Crippen molar-refractivity contribution in [2.45, 2.75) is 13.5 Å². The molecule has 1 aromatic carbocycles. The van der Waals surface area contributed by atoms with Gasteiger partial charge in [-0.1, -0.05) is 17.7 Å². The van der Waals surface area contributed by atoms with Gasteiger partial charge in [0, 0.05) is 28.9 Å². The van der Waals surface area contributed by atoms with Crippen molar-refractivity contribution in [2.75, 3.05) is 12.4 Å². The van der Waals surface area contributed by atoms with E-state index < -0.39 is 4.92 Å². The van der Waals surface area contributed by atoms with Crippen LogP contribution in [-0.4, -0.2) is 17.0 Å². The highest BCUT2D eigenvalue weighted by Gasteiger charge is 2.16. The van der Waals surface area contributed by atoms with Crippen LogP contribution in [0.3, 0.4) is 0 Å². The molecule has 0 spiro atoms. The minimum absolute atomic E-state index is 0.0772. The van der Waals surface area contributed by atoms with Crippen molar-refractivity contribution in [3.8, 4) is 5.75 Å². The maximum Gasteiger partial charge on any atom is 0.311 e. The molecule has 0 amide bonds. The van der Waals surface area contributed by atoms with Gasteiger partial charge in [-0.2, -0.15) is 0 Å². The molecular formula is C14H14ClN3O3. The van der Waals surface area contributed by atoms with Gasteiger partial charge in [-0.25, -0.2) is 4.98 Å². The Kier molecular flexibility index (Phi) is 4.59. The molecule has 7 heteroatoms. The summed E-state index contributed by atoms with van der Waals surface area (Å²) in [5.41, 5.74) is 1.33. The van der Waals surface area contributed by atoms with Gasteiger partial charge in [0.15, 0.2) is 0 Å². The molecule has 21 heavy (non-hydrogen) atoms. The lowest BCUT2D eigenvalue weighted by atomic mass is 10.2. The highest BCUT2D eigenvalue weighted by Crippen LogP contribution is 2.28. The highest BCUT2D eigenvalue weighted by molar-refractivity contribution is 6.31. The fraction of sp³-hybridized carbons (Fsp3) is 0.214. The van der Waals surface area contributed by atoms with Crippen LogP contribution in [0.15, 0.2) is 30.3 Å². The first-order chi connectivity index (χ1) is 10.0. The lowest BCUT2D eigenvalue weighted by Gasteiger charge is -2.12. The maximum absolute atomic E-state index is 11.0. The molecule has 0 atom stereocenters. The van der Waals surface area contributed by atoms with Crippen molar-refractivity contribution < 1.29 is 9.66 Å². The molecule has 0 fully saturated rings. The van der Waals surface area contributed by atoms with Crippen molar-refractivity contribution in [3.05, 3.63) is 56.7 Å². The van der Waals surface area contributed by atoms with Gasteiger partial charge < -0.3 is 10.1 Å². The molecular weight excluding hydrogens is 294 g/mol. The number of halogens is 1. The minimum Gasteiger partial charge on any atom is -0.496 e. The third-order valence-corrected chi connectivity index (χ3v) is 3.29. The second-order valence-corrected chi connectivity index (χ2v) is 4.76. The second kappa shape index (κ2) is 6.41. The number of hydrogen-bond donors (Lipinski definition) is 1. The Balaban J connectivity index is 2.28. The monoisotopic (exact) mass is 307 g/mol. The summed E-state index contributed by atoms with van der Waals surface area (Å²) in [4.78, 5) is 14.7. The zero-order chi connectivity index (χ0) is 15.4. The first-order valence-corrected chi connectivity index (χ1v) is 6.58. The van der Waals surface area contributed by atoms with Crippen LogP contribution in [0.5, 0.6) is 5.75 Å². The molecule has 0 unspecified atom stereocenters. The topological polar surface area (TPSA) is 77.3 Å². The van der Waals surface area contributed by atoms with Crippen LogP contribution in [0.1, 0.15) is 11.3 Å². The molecule has 1 heterocycles. The van der Waals surface area contributed by atoms with E-state index in [1.54, 1.807) is 38.3 Å². The smallest absolute Gasteiger partial charge is 0.311 e. The van der Waals surface area contributed by atoms with Crippen LogP contribution >= 0.6 is 11.6 Å². The molecule has 0 aliphatic rings. The van der Waals surface area contributed by atoms with Crippen LogP contribution in [0.4, 0.5) is 11.5 Å². The lowest BCUT2D eigenvalue weighted by molar-refractivity contribution is -0.384. The minimum atomic E-state index is -0.474. The first kappa shape index (κ1) is 15.1. The number of aromatic nitrogens is 1. The molecule has 0 saturated carbocycles. The summed E-state index contributed by atoms with van der Waals surface area (Å²) in [7, 11) is 1.54. The van der Waals surface area contributed by atoms with Gasteiger partial charge in [-0.15, -0.1) is 0 Å². The molecule has 1 N–H and O–H groups in total. The van der Waals surface area contributed by atoms with Crippen molar-refractivity contribution >= 4 is 23.1 Å². The van der Waals surface area contributed by atoms with Gasteiger partial charge >= 0.3 is 5.69 Å². The third kappa shape index (κ3) is 3.41. The van der Waals surface area contributed by atoms with E-state index in [1.165, 1.54) is 6.07 Å². The van der Waals surface area contributed by atoms with Gasteiger partial charge in [0.25, 0.3) is 0 Å². The molecule has 0 bridgehead atoms. The van der Waals surface area contributed by atoms with Crippen LogP contribution in [0.2, 0.25) is 5.02 Å². The second-order valence-electron chi connectivity index (χ2n) is 4.35. The SMILES string of the molecule is COc1cccc(Cl)c1CNc1nc(C)ccc1[N+](=O)[O-]. The van der Waals surface area contributed by atoms with Crippen molar-refractivity contribution in [2.24, 2.45) is 0 Å². The van der Waals surface area contributed by atoms with Gasteiger partial charge in [-0.05, 0) is 25.1 Å². The standard InChI is InChI=1S/C14H14ClN3O3/c1-9-6-7-12(18(19)20)14(17-9)16-8-10-11(15)4-3-5-13(10)21-2/h3-7H,8H2,1-2H3,(H,16,17). The predicted molar refractivity (Wildman–Crippen MR) is 81.0 cm³/mol. The number of rotatable bonds is 5. The average molecular weight is 308 g/mol. The van der Waals surface area contributed by atoms with Crippen LogP contribution < -0.4 is 10.1 Å². The molecule has 6 nitrogen and oxygen atoms in total. The number of methoxy groups -OCH3 is 1. The van der Waals surface area contributed by atoms with E-state index in [0.29, 0.717) is 16.5 Å². The van der Waals surface area contributed by atoms with E-state index in [4.69, 9.17) is 16.3 Å². The Morgan fingerprint density at radius 1 is 1.38 bits per heavy atom. The summed E-state index contributed by atoms with van der Waals surface area (Å²) in [5, 5.41) is 14.5. The summed E-state index contributed by atoms with van der Waals surface area (Å²) < 4.78 is 5.24. The molecule has 2 aromatic rings. The van der Waals surface area contributed by atoms with Gasteiger partial charge in [-0.3, -0.25) is 10.1 Å². The quantitative estimate of drug-likeness (QED) is 0.675.